The Morgan fingerprint density at radius 1 is 0.800 bits per heavy atom. The monoisotopic (exact) mass is 436 g/mol. The van der Waals surface area contributed by atoms with Gasteiger partial charge in [-0.2, -0.15) is 0 Å². The lowest BCUT2D eigenvalue weighted by Crippen LogP contribution is -2.68. The van der Waals surface area contributed by atoms with Crippen LogP contribution in [0.15, 0.2) is 0 Å². The van der Waals surface area contributed by atoms with Gasteiger partial charge in [-0.15, -0.1) is 0 Å². The molecule has 2 heterocycles. The molecule has 10 atom stereocenters. The van der Waals surface area contributed by atoms with Crippen molar-refractivity contribution in [3.8, 4) is 0 Å². The first-order valence-corrected chi connectivity index (χ1v) is 10.4. The third kappa shape index (κ3) is 5.69. The summed E-state index contributed by atoms with van der Waals surface area (Å²) in [6.45, 7) is 10.5. The maximum atomic E-state index is 10.8. The predicted molar refractivity (Wildman–Crippen MR) is 108 cm³/mol. The van der Waals surface area contributed by atoms with Crippen molar-refractivity contribution in [1.82, 2.24) is 0 Å². The van der Waals surface area contributed by atoms with E-state index in [-0.39, 0.29) is 12.0 Å². The lowest BCUT2D eigenvalue weighted by molar-refractivity contribution is -0.337. The number of rotatable bonds is 5. The smallest absolute Gasteiger partial charge is 0.176 e. The number of aliphatic hydroxyl groups is 4. The summed E-state index contributed by atoms with van der Waals surface area (Å²) >= 11 is 0. The summed E-state index contributed by atoms with van der Waals surface area (Å²) in [6.07, 6.45) is -7.08. The summed E-state index contributed by atoms with van der Waals surface area (Å²) in [7, 11) is 0. The molecule has 10 heteroatoms. The first-order chi connectivity index (χ1) is 13.7. The molecular formula is C20H40N2O8. The number of hydrogen-bond acceptors (Lipinski definition) is 10. The maximum Gasteiger partial charge on any atom is 0.176 e. The molecule has 0 aromatic heterocycles. The summed E-state index contributed by atoms with van der Waals surface area (Å²) in [5, 5.41) is 41.2. The summed E-state index contributed by atoms with van der Waals surface area (Å²) in [4.78, 5) is 0. The van der Waals surface area contributed by atoms with Crippen LogP contribution in [0.1, 0.15) is 41.5 Å². The lowest BCUT2D eigenvalue weighted by atomic mass is 9.71. The highest BCUT2D eigenvalue weighted by Gasteiger charge is 2.52. The van der Waals surface area contributed by atoms with E-state index in [1.54, 1.807) is 0 Å². The van der Waals surface area contributed by atoms with E-state index in [9.17, 15) is 20.4 Å². The largest absolute Gasteiger partial charge is 0.394 e. The standard InChI is InChI=1S/C20H40N2O8/c1-19(2,3)11-9(7-23)27-17(12(21)14(11)25)29-16-10(8-24)28-18(13(22)15(16)26)30-20(4,5)6/h9-18,23-26H,7-8,21-22H2,1-6H3/t9?,10?,11-,12+,13+,14?,15?,16-,17-,18-/m0/s1. The molecule has 0 bridgehead atoms. The molecule has 0 aliphatic carbocycles. The van der Waals surface area contributed by atoms with Crippen molar-refractivity contribution < 1.29 is 39.4 Å². The quantitative estimate of drug-likeness (QED) is 0.303. The minimum absolute atomic E-state index is 0.334. The van der Waals surface area contributed by atoms with Crippen LogP contribution in [0.3, 0.4) is 0 Å². The zero-order valence-electron chi connectivity index (χ0n) is 18.8. The summed E-state index contributed by atoms with van der Waals surface area (Å²) in [5.41, 5.74) is 11.4. The lowest BCUT2D eigenvalue weighted by Gasteiger charge is -2.50. The molecule has 2 fully saturated rings. The van der Waals surface area contributed by atoms with Gasteiger partial charge in [-0.05, 0) is 26.2 Å². The van der Waals surface area contributed by atoms with Crippen LogP contribution in [0.5, 0.6) is 0 Å². The molecule has 178 valence electrons. The third-order valence-electron chi connectivity index (χ3n) is 5.63. The first-order valence-electron chi connectivity index (χ1n) is 10.4. The van der Waals surface area contributed by atoms with Gasteiger partial charge in [0.2, 0.25) is 0 Å². The highest BCUT2D eigenvalue weighted by molar-refractivity contribution is 4.99. The number of aliphatic hydroxyl groups excluding tert-OH is 4. The molecule has 0 spiro atoms. The molecule has 0 saturated carbocycles. The van der Waals surface area contributed by atoms with Crippen molar-refractivity contribution in [2.75, 3.05) is 13.2 Å². The van der Waals surface area contributed by atoms with Gasteiger partial charge in [0.1, 0.15) is 18.3 Å². The molecule has 10 nitrogen and oxygen atoms in total. The van der Waals surface area contributed by atoms with Crippen LogP contribution in [-0.2, 0) is 18.9 Å². The van der Waals surface area contributed by atoms with E-state index < -0.39 is 73.3 Å². The van der Waals surface area contributed by atoms with Crippen molar-refractivity contribution in [2.24, 2.45) is 22.8 Å². The molecule has 2 saturated heterocycles. The molecule has 4 unspecified atom stereocenters. The molecule has 2 aliphatic rings. The summed E-state index contributed by atoms with van der Waals surface area (Å²) in [6, 6.07) is -1.89. The van der Waals surface area contributed by atoms with Crippen molar-refractivity contribution >= 4 is 0 Å². The zero-order valence-corrected chi connectivity index (χ0v) is 18.8. The van der Waals surface area contributed by atoms with Crippen LogP contribution in [0.2, 0.25) is 0 Å². The molecule has 0 aromatic carbocycles. The van der Waals surface area contributed by atoms with Crippen molar-refractivity contribution in [3.05, 3.63) is 0 Å². The fourth-order valence-corrected chi connectivity index (χ4v) is 4.18. The van der Waals surface area contributed by atoms with E-state index in [1.165, 1.54) is 0 Å². The first kappa shape index (κ1) is 25.9. The molecule has 8 N–H and O–H groups in total. The van der Waals surface area contributed by atoms with Crippen molar-refractivity contribution in [2.45, 2.75) is 102 Å². The highest BCUT2D eigenvalue weighted by atomic mass is 16.7. The Bertz CT molecular complexity index is 548. The number of nitrogens with two attached hydrogens (primary N) is 2. The topological polar surface area (TPSA) is 170 Å². The second kappa shape index (κ2) is 9.62. The van der Waals surface area contributed by atoms with Crippen LogP contribution < -0.4 is 11.5 Å². The minimum atomic E-state index is -1.25. The fourth-order valence-electron chi connectivity index (χ4n) is 4.18. The third-order valence-corrected chi connectivity index (χ3v) is 5.63. The van der Waals surface area contributed by atoms with Gasteiger partial charge >= 0.3 is 0 Å². The van der Waals surface area contributed by atoms with Crippen LogP contribution >= 0.6 is 0 Å². The van der Waals surface area contributed by atoms with Gasteiger partial charge < -0.3 is 50.8 Å². The number of ether oxygens (including phenoxy) is 4. The Morgan fingerprint density at radius 3 is 1.77 bits per heavy atom. The van der Waals surface area contributed by atoms with Crippen LogP contribution in [0.25, 0.3) is 0 Å². The predicted octanol–water partition coefficient (Wildman–Crippen LogP) is -1.34. The summed E-state index contributed by atoms with van der Waals surface area (Å²) in [5.74, 6) is -0.426. The van der Waals surface area contributed by atoms with Crippen LogP contribution in [0, 0.1) is 11.3 Å². The van der Waals surface area contributed by atoms with E-state index in [1.807, 2.05) is 41.5 Å². The molecule has 0 amide bonds. The second-order valence-corrected chi connectivity index (χ2v) is 10.3. The van der Waals surface area contributed by atoms with Gasteiger partial charge in [0, 0.05) is 5.92 Å². The van der Waals surface area contributed by atoms with Gasteiger partial charge in [-0.3, -0.25) is 0 Å². The SMILES string of the molecule is CC(C)(C)O[C@@H]1OC(CO)[C@H](O[C@@H]2OC(CO)[C@H](C(C)(C)C)C(O)[C@H]2N)C(O)[C@H]1N. The van der Waals surface area contributed by atoms with Gasteiger partial charge in [0.25, 0.3) is 0 Å². The number of hydrogen-bond donors (Lipinski definition) is 6. The fraction of sp³-hybridized carbons (Fsp3) is 1.00. The Hall–Kier alpha value is -0.400. The molecule has 0 radical (unpaired) electrons. The van der Waals surface area contributed by atoms with E-state index in [0.29, 0.717) is 0 Å². The Labute approximate surface area is 178 Å². The molecule has 2 rings (SSSR count). The van der Waals surface area contributed by atoms with E-state index in [4.69, 9.17) is 30.4 Å². The maximum absolute atomic E-state index is 10.8. The average Bonchev–Trinajstić information content (AvgIpc) is 2.62. The summed E-state index contributed by atoms with van der Waals surface area (Å²) < 4.78 is 23.3. The van der Waals surface area contributed by atoms with E-state index in [2.05, 4.69) is 0 Å². The molecule has 30 heavy (non-hydrogen) atoms. The highest BCUT2D eigenvalue weighted by Crippen LogP contribution is 2.39. The zero-order chi connectivity index (χ0) is 23.0. The normalized spacial score (nSPS) is 43.6. The Kier molecular flexibility index (Phi) is 8.29. The minimum Gasteiger partial charge on any atom is -0.394 e. The molecule has 0 aromatic rings. The van der Waals surface area contributed by atoms with E-state index >= 15 is 0 Å². The van der Waals surface area contributed by atoms with Gasteiger partial charge in [-0.25, -0.2) is 0 Å². The molecule has 2 aliphatic heterocycles. The van der Waals surface area contributed by atoms with Gasteiger partial charge in [0.15, 0.2) is 12.6 Å². The Balaban J connectivity index is 2.18. The van der Waals surface area contributed by atoms with Crippen LogP contribution in [-0.4, -0.2) is 94.4 Å². The van der Waals surface area contributed by atoms with Crippen molar-refractivity contribution in [3.63, 3.8) is 0 Å². The van der Waals surface area contributed by atoms with E-state index in [0.717, 1.165) is 0 Å². The van der Waals surface area contributed by atoms with Gasteiger partial charge in [-0.1, -0.05) is 20.8 Å². The van der Waals surface area contributed by atoms with Crippen molar-refractivity contribution in [1.29, 1.82) is 0 Å². The molecular weight excluding hydrogens is 396 g/mol. The van der Waals surface area contributed by atoms with Gasteiger partial charge in [0.05, 0.1) is 43.1 Å². The second-order valence-electron chi connectivity index (χ2n) is 10.3. The Morgan fingerprint density at radius 2 is 1.30 bits per heavy atom. The van der Waals surface area contributed by atoms with Crippen LogP contribution in [0.4, 0.5) is 0 Å². The average molecular weight is 437 g/mol.